The van der Waals surface area contributed by atoms with E-state index in [1.165, 1.54) is 30.6 Å². The number of ether oxygens (including phenoxy) is 2. The first-order valence-electron chi connectivity index (χ1n) is 10.8. The van der Waals surface area contributed by atoms with Crippen LogP contribution in [0.2, 0.25) is 0 Å². The van der Waals surface area contributed by atoms with Gasteiger partial charge in [0.2, 0.25) is 5.67 Å². The van der Waals surface area contributed by atoms with Crippen molar-refractivity contribution in [2.75, 3.05) is 13.2 Å². The lowest BCUT2D eigenvalue weighted by atomic mass is 10.0. The number of hydrogen-bond donors (Lipinski definition) is 0. The summed E-state index contributed by atoms with van der Waals surface area (Å²) in [5.41, 5.74) is -0.366. The smallest absolute Gasteiger partial charge is 0.387 e. The molecule has 35 heavy (non-hydrogen) atoms. The molecule has 2 aromatic carbocycles. The largest absolute Gasteiger partial charge is 0.434 e. The summed E-state index contributed by atoms with van der Waals surface area (Å²) in [5, 5.41) is 0. The molecule has 0 spiro atoms. The lowest BCUT2D eigenvalue weighted by Crippen LogP contribution is -2.43. The summed E-state index contributed by atoms with van der Waals surface area (Å²) in [4.78, 5) is 12.3. The number of nitrogens with zero attached hydrogens (tertiary/aromatic N) is 4. The molecule has 6 rings (SSSR count). The molecule has 2 unspecified atom stereocenters. The minimum absolute atomic E-state index is 0.0347. The number of benzene rings is 2. The molecule has 11 heteroatoms. The van der Waals surface area contributed by atoms with E-state index in [1.807, 2.05) is 0 Å². The van der Waals surface area contributed by atoms with Crippen molar-refractivity contribution in [2.24, 2.45) is 0 Å². The van der Waals surface area contributed by atoms with Crippen LogP contribution >= 0.6 is 0 Å². The predicted molar refractivity (Wildman–Crippen MR) is 114 cm³/mol. The zero-order chi connectivity index (χ0) is 24.3. The summed E-state index contributed by atoms with van der Waals surface area (Å²) < 4.78 is 81.5. The van der Waals surface area contributed by atoms with E-state index in [-0.39, 0.29) is 48.1 Å². The third-order valence-electron chi connectivity index (χ3n) is 6.35. The summed E-state index contributed by atoms with van der Waals surface area (Å²) in [5.74, 6) is -0.679. The highest BCUT2D eigenvalue weighted by Gasteiger charge is 2.43. The van der Waals surface area contributed by atoms with E-state index in [0.717, 1.165) is 0 Å². The Kier molecular flexibility index (Phi) is 4.99. The lowest BCUT2D eigenvalue weighted by molar-refractivity contribution is -0.140. The van der Waals surface area contributed by atoms with Crippen LogP contribution in [0, 0.1) is 5.82 Å². The molecule has 0 radical (unpaired) electrons. The molecule has 4 heterocycles. The van der Waals surface area contributed by atoms with Crippen LogP contribution < -0.4 is 4.74 Å². The maximum absolute atomic E-state index is 15.0. The molecule has 1 fully saturated rings. The Bertz CT molecular complexity index is 1420. The van der Waals surface area contributed by atoms with Gasteiger partial charge in [0, 0.05) is 41.6 Å². The third kappa shape index (κ3) is 3.53. The Hall–Kier alpha value is -3.60. The molecular weight excluding hydrogens is 471 g/mol. The van der Waals surface area contributed by atoms with Crippen molar-refractivity contribution in [3.05, 3.63) is 71.8 Å². The Morgan fingerprint density at radius 1 is 1.11 bits per heavy atom. The SMILES string of the molecule is Fc1cc2nc3n(c2cc1-c1cnc(C2(F)COC2)nc1)C(c1ccccc1OC(F)F)CC3F. The van der Waals surface area contributed by atoms with Crippen molar-refractivity contribution >= 4 is 11.0 Å². The Labute approximate surface area is 195 Å². The molecule has 2 aliphatic rings. The summed E-state index contributed by atoms with van der Waals surface area (Å²) in [6, 6.07) is 8.13. The van der Waals surface area contributed by atoms with Crippen LogP contribution in [0.4, 0.5) is 22.0 Å². The van der Waals surface area contributed by atoms with E-state index in [9.17, 15) is 17.6 Å². The molecular formula is C24H17F5N4O2. The quantitative estimate of drug-likeness (QED) is 0.351. The fraction of sp³-hybridized carbons (Fsp3) is 0.292. The molecule has 2 aliphatic heterocycles. The number of alkyl halides is 4. The summed E-state index contributed by atoms with van der Waals surface area (Å²) in [6.07, 6.45) is 1.11. The van der Waals surface area contributed by atoms with Gasteiger partial charge < -0.3 is 14.0 Å². The van der Waals surface area contributed by atoms with Gasteiger partial charge in [-0.05, 0) is 12.1 Å². The monoisotopic (exact) mass is 488 g/mol. The fourth-order valence-corrected chi connectivity index (χ4v) is 4.65. The molecule has 0 aliphatic carbocycles. The highest BCUT2D eigenvalue weighted by atomic mass is 19.3. The van der Waals surface area contributed by atoms with Gasteiger partial charge in [0.1, 0.15) is 17.4 Å². The first kappa shape index (κ1) is 21.9. The van der Waals surface area contributed by atoms with Gasteiger partial charge >= 0.3 is 6.61 Å². The summed E-state index contributed by atoms with van der Waals surface area (Å²) in [6.45, 7) is -3.33. The first-order valence-corrected chi connectivity index (χ1v) is 10.8. The average molecular weight is 488 g/mol. The second-order valence-electron chi connectivity index (χ2n) is 8.55. The zero-order valence-corrected chi connectivity index (χ0v) is 18.0. The van der Waals surface area contributed by atoms with Gasteiger partial charge in [-0.3, -0.25) is 0 Å². The highest BCUT2D eigenvalue weighted by molar-refractivity contribution is 5.83. The van der Waals surface area contributed by atoms with Crippen LogP contribution in [0.3, 0.4) is 0 Å². The maximum atomic E-state index is 15.0. The van der Waals surface area contributed by atoms with Crippen LogP contribution in [0.1, 0.15) is 35.8 Å². The Morgan fingerprint density at radius 2 is 1.86 bits per heavy atom. The normalized spacial score (nSPS) is 20.7. The molecule has 0 saturated carbocycles. The van der Waals surface area contributed by atoms with Gasteiger partial charge in [-0.15, -0.1) is 0 Å². The molecule has 2 aromatic heterocycles. The predicted octanol–water partition coefficient (Wildman–Crippen LogP) is 5.43. The molecule has 2 atom stereocenters. The van der Waals surface area contributed by atoms with E-state index < -0.39 is 30.3 Å². The minimum atomic E-state index is -3.05. The lowest BCUT2D eigenvalue weighted by Gasteiger charge is -2.31. The fourth-order valence-electron chi connectivity index (χ4n) is 4.65. The highest BCUT2D eigenvalue weighted by Crippen LogP contribution is 2.46. The topological polar surface area (TPSA) is 62.1 Å². The van der Waals surface area contributed by atoms with Gasteiger partial charge in [0.05, 0.1) is 30.3 Å². The van der Waals surface area contributed by atoms with Crippen molar-refractivity contribution in [2.45, 2.75) is 30.9 Å². The van der Waals surface area contributed by atoms with E-state index >= 15 is 4.39 Å². The van der Waals surface area contributed by atoms with Crippen LogP contribution in [0.15, 0.2) is 48.8 Å². The number of aromatic nitrogens is 4. The van der Waals surface area contributed by atoms with Crippen LogP contribution in [0.5, 0.6) is 5.75 Å². The average Bonchev–Trinajstić information content (AvgIpc) is 3.34. The van der Waals surface area contributed by atoms with Gasteiger partial charge in [-0.1, -0.05) is 18.2 Å². The molecule has 0 N–H and O–H groups in total. The van der Waals surface area contributed by atoms with Gasteiger partial charge in [0.15, 0.2) is 12.0 Å². The number of rotatable bonds is 5. The summed E-state index contributed by atoms with van der Waals surface area (Å²) in [7, 11) is 0. The van der Waals surface area contributed by atoms with Gasteiger partial charge in [0.25, 0.3) is 0 Å². The van der Waals surface area contributed by atoms with E-state index in [2.05, 4.69) is 19.7 Å². The standard InChI is InChI=1S/C24H17F5N4O2/c25-15-6-17-19(5-14(15)12-8-30-22(31-9-12)24(29)10-34-11-24)33-18(7-16(26)21(33)32-17)13-3-1-2-4-20(13)35-23(27)28/h1-6,8-9,16,18,23H,7,10-11H2. The van der Waals surface area contributed by atoms with E-state index in [4.69, 9.17) is 4.74 Å². The van der Waals surface area contributed by atoms with Crippen molar-refractivity contribution in [1.29, 1.82) is 0 Å². The Balaban J connectivity index is 1.45. The number of imidazole rings is 1. The number of halogens is 5. The third-order valence-corrected chi connectivity index (χ3v) is 6.35. The van der Waals surface area contributed by atoms with Crippen molar-refractivity contribution in [3.8, 4) is 16.9 Å². The van der Waals surface area contributed by atoms with Crippen molar-refractivity contribution < 1.29 is 31.4 Å². The number of para-hydroxylation sites is 1. The van der Waals surface area contributed by atoms with E-state index in [0.29, 0.717) is 16.6 Å². The van der Waals surface area contributed by atoms with Crippen molar-refractivity contribution in [1.82, 2.24) is 19.5 Å². The van der Waals surface area contributed by atoms with E-state index in [1.54, 1.807) is 22.8 Å². The second-order valence-corrected chi connectivity index (χ2v) is 8.55. The number of fused-ring (bicyclic) bond motifs is 3. The maximum Gasteiger partial charge on any atom is 0.387 e. The minimum Gasteiger partial charge on any atom is -0.434 e. The summed E-state index contributed by atoms with van der Waals surface area (Å²) >= 11 is 0. The first-order chi connectivity index (χ1) is 16.8. The van der Waals surface area contributed by atoms with Crippen LogP contribution in [-0.2, 0) is 10.4 Å². The molecule has 180 valence electrons. The molecule has 1 saturated heterocycles. The van der Waals surface area contributed by atoms with Crippen LogP contribution in [0.25, 0.3) is 22.2 Å². The van der Waals surface area contributed by atoms with Gasteiger partial charge in [-0.2, -0.15) is 8.78 Å². The molecule has 0 bridgehead atoms. The van der Waals surface area contributed by atoms with Crippen molar-refractivity contribution in [3.63, 3.8) is 0 Å². The van der Waals surface area contributed by atoms with Gasteiger partial charge in [-0.25, -0.2) is 28.1 Å². The Morgan fingerprint density at radius 3 is 2.54 bits per heavy atom. The van der Waals surface area contributed by atoms with Crippen LogP contribution in [-0.4, -0.2) is 39.3 Å². The second kappa shape index (κ2) is 7.98. The number of hydrogen-bond acceptors (Lipinski definition) is 5. The molecule has 4 aromatic rings. The molecule has 6 nitrogen and oxygen atoms in total. The zero-order valence-electron chi connectivity index (χ0n) is 18.0. The molecule has 0 amide bonds.